The molecule has 1 aliphatic rings. The highest BCUT2D eigenvalue weighted by atomic mass is 32.1. The fourth-order valence-electron chi connectivity index (χ4n) is 3.92. The smallest absolute Gasteiger partial charge is 0.297 e. The predicted octanol–water partition coefficient (Wildman–Crippen LogP) is 4.65. The SMILES string of the molecule is CC(=O)c1sc(N2C(=O)c3oc4ccccc4c(=O)c3[C@H]2c2ccccc2F)nc1C. The van der Waals surface area contributed by atoms with Crippen LogP contribution in [-0.2, 0) is 0 Å². The number of nitrogens with zero attached hydrogens (tertiary/aromatic N) is 2. The van der Waals surface area contributed by atoms with Crippen molar-refractivity contribution in [1.29, 1.82) is 0 Å². The van der Waals surface area contributed by atoms with Crippen molar-refractivity contribution < 1.29 is 18.4 Å². The molecule has 2 aromatic carbocycles. The van der Waals surface area contributed by atoms with E-state index < -0.39 is 23.2 Å². The van der Waals surface area contributed by atoms with E-state index in [9.17, 15) is 18.8 Å². The standard InChI is InChI=1S/C23H15FN2O4S/c1-11-21(12(2)27)31-23(25-11)26-18(13-7-3-5-9-15(13)24)17-19(28)14-8-4-6-10-16(14)30-20(17)22(26)29/h3-10,18H,1-2H3/t18-/m1/s1. The van der Waals surface area contributed by atoms with Crippen molar-refractivity contribution in [3.8, 4) is 0 Å². The third kappa shape index (κ3) is 2.83. The van der Waals surface area contributed by atoms with Crippen molar-refractivity contribution in [2.45, 2.75) is 19.9 Å². The summed E-state index contributed by atoms with van der Waals surface area (Å²) in [7, 11) is 0. The van der Waals surface area contributed by atoms with Gasteiger partial charge in [0.2, 0.25) is 5.76 Å². The number of aryl methyl sites for hydroxylation is 1. The first-order valence-corrected chi connectivity index (χ1v) is 10.3. The summed E-state index contributed by atoms with van der Waals surface area (Å²) in [6.07, 6.45) is 0. The molecule has 5 rings (SSSR count). The number of para-hydroxylation sites is 1. The topological polar surface area (TPSA) is 80.5 Å². The van der Waals surface area contributed by atoms with Crippen LogP contribution in [0.15, 0.2) is 57.7 Å². The first-order valence-electron chi connectivity index (χ1n) is 9.50. The summed E-state index contributed by atoms with van der Waals surface area (Å²) < 4.78 is 20.7. The normalized spacial score (nSPS) is 15.5. The molecule has 0 N–H and O–H groups in total. The molecule has 2 aromatic heterocycles. The summed E-state index contributed by atoms with van der Waals surface area (Å²) >= 11 is 1.03. The first kappa shape index (κ1) is 19.3. The van der Waals surface area contributed by atoms with Gasteiger partial charge in [-0.05, 0) is 25.1 Å². The van der Waals surface area contributed by atoms with E-state index in [1.54, 1.807) is 37.3 Å². The number of thiazole rings is 1. The minimum absolute atomic E-state index is 0.0611. The maximum Gasteiger partial charge on any atom is 0.297 e. The average molecular weight is 434 g/mol. The van der Waals surface area contributed by atoms with Gasteiger partial charge in [0.25, 0.3) is 5.91 Å². The molecule has 0 aliphatic carbocycles. The number of ketones is 1. The van der Waals surface area contributed by atoms with Crippen LogP contribution in [0, 0.1) is 12.7 Å². The molecule has 6 nitrogen and oxygen atoms in total. The molecule has 0 unspecified atom stereocenters. The third-order valence-corrected chi connectivity index (χ3v) is 6.55. The summed E-state index contributed by atoms with van der Waals surface area (Å²) in [5.41, 5.74) is 0.544. The summed E-state index contributed by atoms with van der Waals surface area (Å²) in [4.78, 5) is 44.8. The van der Waals surface area contributed by atoms with Gasteiger partial charge in [0.1, 0.15) is 17.4 Å². The number of amides is 1. The molecular weight excluding hydrogens is 419 g/mol. The maximum atomic E-state index is 14.9. The Morgan fingerprint density at radius 3 is 2.55 bits per heavy atom. The molecule has 0 radical (unpaired) electrons. The van der Waals surface area contributed by atoms with Crippen molar-refractivity contribution in [2.24, 2.45) is 0 Å². The zero-order valence-electron chi connectivity index (χ0n) is 16.5. The van der Waals surface area contributed by atoms with Crippen LogP contribution in [0.3, 0.4) is 0 Å². The molecule has 0 saturated carbocycles. The minimum Gasteiger partial charge on any atom is -0.450 e. The summed E-state index contributed by atoms with van der Waals surface area (Å²) in [6, 6.07) is 11.5. The number of halogens is 1. The molecule has 0 bridgehead atoms. The number of carbonyl (C=O) groups excluding carboxylic acids is 2. The van der Waals surface area contributed by atoms with Gasteiger partial charge in [-0.25, -0.2) is 9.37 Å². The largest absolute Gasteiger partial charge is 0.450 e. The van der Waals surface area contributed by atoms with Crippen LogP contribution in [0.4, 0.5) is 9.52 Å². The van der Waals surface area contributed by atoms with E-state index in [-0.39, 0.29) is 33.4 Å². The number of fused-ring (bicyclic) bond motifs is 2. The zero-order chi connectivity index (χ0) is 21.9. The maximum absolute atomic E-state index is 14.9. The quantitative estimate of drug-likeness (QED) is 0.439. The lowest BCUT2D eigenvalue weighted by Crippen LogP contribution is -2.30. The second-order valence-corrected chi connectivity index (χ2v) is 8.21. The molecule has 3 heterocycles. The molecule has 0 saturated heterocycles. The molecule has 0 spiro atoms. The van der Waals surface area contributed by atoms with Crippen LogP contribution >= 0.6 is 11.3 Å². The molecular formula is C23H15FN2O4S. The van der Waals surface area contributed by atoms with Gasteiger partial charge >= 0.3 is 0 Å². The number of aromatic nitrogens is 1. The van der Waals surface area contributed by atoms with Crippen LogP contribution in [0.1, 0.15) is 50.0 Å². The van der Waals surface area contributed by atoms with E-state index in [0.717, 1.165) is 11.3 Å². The van der Waals surface area contributed by atoms with E-state index in [1.165, 1.54) is 30.0 Å². The van der Waals surface area contributed by atoms with E-state index in [0.29, 0.717) is 16.0 Å². The fraction of sp³-hybridized carbons (Fsp3) is 0.130. The van der Waals surface area contributed by atoms with Gasteiger partial charge in [0.15, 0.2) is 16.3 Å². The highest BCUT2D eigenvalue weighted by molar-refractivity contribution is 7.17. The third-order valence-electron chi connectivity index (χ3n) is 5.29. The number of anilines is 1. The Labute approximate surface area is 179 Å². The summed E-state index contributed by atoms with van der Waals surface area (Å²) in [5, 5.41) is 0.507. The van der Waals surface area contributed by atoms with Gasteiger partial charge in [-0.1, -0.05) is 41.7 Å². The van der Waals surface area contributed by atoms with Gasteiger partial charge in [0.05, 0.1) is 21.5 Å². The van der Waals surface area contributed by atoms with Crippen molar-refractivity contribution in [2.75, 3.05) is 4.90 Å². The lowest BCUT2D eigenvalue weighted by molar-refractivity contribution is 0.0969. The second kappa shape index (κ2) is 6.95. The number of hydrogen-bond donors (Lipinski definition) is 0. The Balaban J connectivity index is 1.83. The lowest BCUT2D eigenvalue weighted by atomic mass is 9.98. The Morgan fingerprint density at radius 2 is 1.84 bits per heavy atom. The average Bonchev–Trinajstić information content (AvgIpc) is 3.26. The number of benzene rings is 2. The number of Topliss-reactive ketones (excluding diaryl/α,β-unsaturated/α-hetero) is 1. The molecule has 31 heavy (non-hydrogen) atoms. The van der Waals surface area contributed by atoms with E-state index in [1.807, 2.05) is 0 Å². The van der Waals surface area contributed by atoms with Crippen LogP contribution < -0.4 is 10.3 Å². The van der Waals surface area contributed by atoms with Crippen molar-refractivity contribution in [3.05, 3.63) is 92.0 Å². The number of hydrogen-bond acceptors (Lipinski definition) is 6. The Kier molecular flexibility index (Phi) is 4.33. The summed E-state index contributed by atoms with van der Waals surface area (Å²) in [5.74, 6) is -1.50. The predicted molar refractivity (Wildman–Crippen MR) is 114 cm³/mol. The Morgan fingerprint density at radius 1 is 1.13 bits per heavy atom. The molecule has 1 aliphatic heterocycles. The molecule has 1 atom stereocenters. The number of rotatable bonds is 3. The van der Waals surface area contributed by atoms with Gasteiger partial charge in [-0.15, -0.1) is 0 Å². The second-order valence-electron chi connectivity index (χ2n) is 7.24. The Bertz CT molecular complexity index is 1460. The minimum atomic E-state index is -1.06. The number of carbonyl (C=O) groups is 2. The van der Waals surface area contributed by atoms with Crippen molar-refractivity contribution >= 4 is 39.1 Å². The van der Waals surface area contributed by atoms with Crippen LogP contribution in [0.5, 0.6) is 0 Å². The molecule has 4 aromatic rings. The summed E-state index contributed by atoms with van der Waals surface area (Å²) in [6.45, 7) is 3.08. The van der Waals surface area contributed by atoms with Gasteiger partial charge < -0.3 is 4.42 Å². The van der Waals surface area contributed by atoms with Crippen LogP contribution in [0.2, 0.25) is 0 Å². The molecule has 1 amide bonds. The lowest BCUT2D eigenvalue weighted by Gasteiger charge is -2.22. The van der Waals surface area contributed by atoms with Crippen LogP contribution in [-0.4, -0.2) is 16.7 Å². The van der Waals surface area contributed by atoms with E-state index >= 15 is 0 Å². The van der Waals surface area contributed by atoms with E-state index in [4.69, 9.17) is 4.42 Å². The zero-order valence-corrected chi connectivity index (χ0v) is 17.3. The van der Waals surface area contributed by atoms with Crippen molar-refractivity contribution in [1.82, 2.24) is 4.98 Å². The van der Waals surface area contributed by atoms with Gasteiger partial charge in [-0.3, -0.25) is 19.3 Å². The highest BCUT2D eigenvalue weighted by Gasteiger charge is 2.46. The highest BCUT2D eigenvalue weighted by Crippen LogP contribution is 2.43. The van der Waals surface area contributed by atoms with Gasteiger partial charge in [-0.2, -0.15) is 0 Å². The molecule has 154 valence electrons. The fourth-order valence-corrected chi connectivity index (χ4v) is 4.91. The van der Waals surface area contributed by atoms with Crippen molar-refractivity contribution in [3.63, 3.8) is 0 Å². The Hall–Kier alpha value is -3.65. The van der Waals surface area contributed by atoms with Crippen LogP contribution in [0.25, 0.3) is 11.0 Å². The molecule has 0 fully saturated rings. The first-order chi connectivity index (χ1) is 14.9. The van der Waals surface area contributed by atoms with E-state index in [2.05, 4.69) is 4.98 Å². The van der Waals surface area contributed by atoms with Gasteiger partial charge in [0, 0.05) is 12.5 Å². The molecule has 8 heteroatoms. The monoisotopic (exact) mass is 434 g/mol.